The average Bonchev–Trinajstić information content (AvgIpc) is 3.25. The summed E-state index contributed by atoms with van der Waals surface area (Å²) in [5, 5.41) is 13.8. The molecule has 2 saturated heterocycles. The highest BCUT2D eigenvalue weighted by Gasteiger charge is 2.43. The van der Waals surface area contributed by atoms with Crippen molar-refractivity contribution in [2.24, 2.45) is 0 Å². The highest BCUT2D eigenvalue weighted by Crippen LogP contribution is 2.36. The molecule has 7 nitrogen and oxygen atoms in total. The molecule has 1 aromatic carbocycles. The van der Waals surface area contributed by atoms with Crippen LogP contribution in [0.3, 0.4) is 0 Å². The van der Waals surface area contributed by atoms with Gasteiger partial charge in [-0.1, -0.05) is 0 Å². The van der Waals surface area contributed by atoms with Gasteiger partial charge < -0.3 is 15.3 Å². The molecule has 2 fully saturated rings. The predicted molar refractivity (Wildman–Crippen MR) is 122 cm³/mol. The zero-order chi connectivity index (χ0) is 24.0. The van der Waals surface area contributed by atoms with Crippen molar-refractivity contribution in [1.82, 2.24) is 19.9 Å². The lowest BCUT2D eigenvalue weighted by Crippen LogP contribution is -2.55. The molecule has 178 valence electrons. The van der Waals surface area contributed by atoms with Crippen molar-refractivity contribution in [1.29, 1.82) is 0 Å². The highest BCUT2D eigenvalue weighted by molar-refractivity contribution is 5.74. The lowest BCUT2D eigenvalue weighted by molar-refractivity contribution is 0.176. The fraction of sp³-hybridized carbons (Fsp3) is 0.375. The number of nitrogens with one attached hydrogen (secondary N) is 1. The van der Waals surface area contributed by atoms with E-state index in [0.29, 0.717) is 18.3 Å². The minimum absolute atomic E-state index is 0.00296. The molecule has 2 aliphatic heterocycles. The van der Waals surface area contributed by atoms with Gasteiger partial charge in [-0.05, 0) is 43.0 Å². The van der Waals surface area contributed by atoms with E-state index >= 15 is 0 Å². The highest BCUT2D eigenvalue weighted by atomic mass is 19.1. The Hall–Kier alpha value is -3.40. The Bertz CT molecular complexity index is 1270. The molecule has 3 aromatic rings. The van der Waals surface area contributed by atoms with Gasteiger partial charge >= 0.3 is 0 Å². The number of pyridine rings is 1. The summed E-state index contributed by atoms with van der Waals surface area (Å²) >= 11 is 0. The Morgan fingerprint density at radius 3 is 2.74 bits per heavy atom. The van der Waals surface area contributed by atoms with Gasteiger partial charge in [-0.25, -0.2) is 18.2 Å². The second-order valence-electron chi connectivity index (χ2n) is 8.86. The summed E-state index contributed by atoms with van der Waals surface area (Å²) in [6, 6.07) is 4.67. The van der Waals surface area contributed by atoms with Gasteiger partial charge in [0.05, 0.1) is 24.1 Å². The van der Waals surface area contributed by atoms with E-state index in [1.165, 1.54) is 30.7 Å². The number of rotatable bonds is 5. The largest absolute Gasteiger partial charge is 0.507 e. The molecule has 4 atom stereocenters. The fourth-order valence-electron chi connectivity index (χ4n) is 4.92. The van der Waals surface area contributed by atoms with E-state index in [-0.39, 0.29) is 40.2 Å². The van der Waals surface area contributed by atoms with Crippen LogP contribution in [-0.4, -0.2) is 51.0 Å². The van der Waals surface area contributed by atoms with Gasteiger partial charge in [0, 0.05) is 42.5 Å². The molecule has 34 heavy (non-hydrogen) atoms. The number of alkyl halides is 2. The van der Waals surface area contributed by atoms with Crippen LogP contribution >= 0.6 is 0 Å². The quantitative estimate of drug-likeness (QED) is 0.594. The summed E-state index contributed by atoms with van der Waals surface area (Å²) < 4.78 is 43.4. The van der Waals surface area contributed by atoms with Gasteiger partial charge in [-0.3, -0.25) is 14.3 Å². The molecule has 10 heteroatoms. The van der Waals surface area contributed by atoms with Crippen molar-refractivity contribution in [3.05, 3.63) is 59.0 Å². The van der Waals surface area contributed by atoms with Crippen molar-refractivity contribution in [2.45, 2.75) is 50.4 Å². The zero-order valence-corrected chi connectivity index (χ0v) is 18.5. The smallest absolute Gasteiger partial charge is 0.253 e. The molecule has 0 aliphatic carbocycles. The maximum atomic E-state index is 14.9. The zero-order valence-electron chi connectivity index (χ0n) is 18.5. The standard InChI is InChI=1S/C24H24F3N5O2/c1-31(20-7-14-2-3-18(30-14)24(20)27)22-11-28-19(10-29-22)16-8-17(26)15(9-21(16)33)13-4-5-32(12-25)23(34)6-13/h4-6,8-11,14,18,20,24,30,33H,2-3,7,12H2,1H3/t14-,18+,20-,24+/m0/s1. The van der Waals surface area contributed by atoms with E-state index in [4.69, 9.17) is 0 Å². The van der Waals surface area contributed by atoms with Gasteiger partial charge in [0.25, 0.3) is 5.56 Å². The topological polar surface area (TPSA) is 83.3 Å². The molecule has 2 aromatic heterocycles. The van der Waals surface area contributed by atoms with Crippen LogP contribution in [-0.2, 0) is 6.80 Å². The van der Waals surface area contributed by atoms with E-state index in [0.717, 1.165) is 29.5 Å². The van der Waals surface area contributed by atoms with Crippen LogP contribution < -0.4 is 15.8 Å². The van der Waals surface area contributed by atoms with Crippen LogP contribution in [0.5, 0.6) is 5.75 Å². The van der Waals surface area contributed by atoms with Gasteiger partial charge in [0.2, 0.25) is 0 Å². The Morgan fingerprint density at radius 2 is 2.03 bits per heavy atom. The van der Waals surface area contributed by atoms with E-state index in [1.807, 2.05) is 0 Å². The number of piperidine rings is 1. The number of halogens is 3. The SMILES string of the molecule is CN(c1cnc(-c2cc(F)c(-c3ccn(CF)c(=O)c3)cc2O)cn1)[C@H]1C[C@@H]2CC[C@@H](N2)[C@H]1F. The number of anilines is 1. The molecular weight excluding hydrogens is 447 g/mol. The number of hydrogen-bond acceptors (Lipinski definition) is 6. The van der Waals surface area contributed by atoms with Gasteiger partial charge in [0.15, 0.2) is 6.80 Å². The van der Waals surface area contributed by atoms with Crippen LogP contribution in [0.15, 0.2) is 47.7 Å². The fourth-order valence-corrected chi connectivity index (χ4v) is 4.92. The third-order valence-electron chi connectivity index (χ3n) is 6.85. The van der Waals surface area contributed by atoms with Crippen LogP contribution in [0.25, 0.3) is 22.4 Å². The molecule has 2 N–H and O–H groups in total. The lowest BCUT2D eigenvalue weighted by atomic mass is 9.96. The van der Waals surface area contributed by atoms with Crippen molar-refractivity contribution >= 4 is 5.82 Å². The summed E-state index contributed by atoms with van der Waals surface area (Å²) in [6.07, 6.45) is 5.58. The molecule has 0 saturated carbocycles. The molecule has 4 heterocycles. The second-order valence-corrected chi connectivity index (χ2v) is 8.86. The van der Waals surface area contributed by atoms with Crippen LogP contribution in [0.4, 0.5) is 19.0 Å². The van der Waals surface area contributed by atoms with Crippen LogP contribution in [0, 0.1) is 5.82 Å². The molecule has 0 amide bonds. The van der Waals surface area contributed by atoms with E-state index in [1.54, 1.807) is 11.9 Å². The molecule has 2 aliphatic rings. The molecular formula is C24H24F3N5O2. The first-order valence-corrected chi connectivity index (χ1v) is 11.1. The minimum Gasteiger partial charge on any atom is -0.507 e. The van der Waals surface area contributed by atoms with E-state index in [9.17, 15) is 23.1 Å². The summed E-state index contributed by atoms with van der Waals surface area (Å²) in [5.74, 6) is -0.443. The monoisotopic (exact) mass is 471 g/mol. The normalized spacial score (nSPS) is 23.8. The van der Waals surface area contributed by atoms with Gasteiger partial charge in [0.1, 0.15) is 23.6 Å². The number of hydrogen-bond donors (Lipinski definition) is 2. The maximum absolute atomic E-state index is 14.9. The number of aromatic nitrogens is 3. The first-order valence-electron chi connectivity index (χ1n) is 11.1. The Morgan fingerprint density at radius 1 is 1.21 bits per heavy atom. The molecule has 0 spiro atoms. The number of benzene rings is 1. The average molecular weight is 471 g/mol. The van der Waals surface area contributed by atoms with E-state index < -0.39 is 24.3 Å². The van der Waals surface area contributed by atoms with Crippen molar-refractivity contribution in [2.75, 3.05) is 11.9 Å². The summed E-state index contributed by atoms with van der Waals surface area (Å²) in [4.78, 5) is 22.4. The number of nitrogens with zero attached hydrogens (tertiary/aromatic N) is 4. The van der Waals surface area contributed by atoms with Crippen LogP contribution in [0.2, 0.25) is 0 Å². The third-order valence-corrected chi connectivity index (χ3v) is 6.85. The van der Waals surface area contributed by atoms with Gasteiger partial charge in [-0.2, -0.15) is 0 Å². The number of fused-ring (bicyclic) bond motifs is 2. The number of phenolic OH excluding ortho intramolecular Hbond substituents is 1. The molecule has 2 bridgehead atoms. The molecule has 0 radical (unpaired) electrons. The summed E-state index contributed by atoms with van der Waals surface area (Å²) in [6.45, 7) is -0.986. The van der Waals surface area contributed by atoms with E-state index in [2.05, 4.69) is 15.3 Å². The minimum atomic E-state index is -1.01. The number of phenols is 1. The maximum Gasteiger partial charge on any atom is 0.253 e. The second kappa shape index (κ2) is 8.75. The van der Waals surface area contributed by atoms with Crippen molar-refractivity contribution in [3.63, 3.8) is 0 Å². The summed E-state index contributed by atoms with van der Waals surface area (Å²) in [5.41, 5.74) is -0.0266. The first kappa shape index (κ1) is 22.4. The van der Waals surface area contributed by atoms with Crippen molar-refractivity contribution in [3.8, 4) is 28.1 Å². The Labute approximate surface area is 193 Å². The molecule has 0 unspecified atom stereocenters. The lowest BCUT2D eigenvalue weighted by Gasteiger charge is -2.38. The predicted octanol–water partition coefficient (Wildman–Crippen LogP) is 3.41. The summed E-state index contributed by atoms with van der Waals surface area (Å²) in [7, 11) is 1.79. The first-order chi connectivity index (χ1) is 16.4. The van der Waals surface area contributed by atoms with Gasteiger partial charge in [-0.15, -0.1) is 0 Å². The Kier molecular flexibility index (Phi) is 5.76. The third kappa shape index (κ3) is 3.91. The van der Waals surface area contributed by atoms with Crippen LogP contribution in [0.1, 0.15) is 19.3 Å². The number of aromatic hydroxyl groups is 1. The molecule has 5 rings (SSSR count). The van der Waals surface area contributed by atoms with Crippen molar-refractivity contribution < 1.29 is 18.3 Å². The Balaban J connectivity index is 1.39.